The van der Waals surface area contributed by atoms with E-state index in [1.165, 1.54) is 34.4 Å². The Morgan fingerprint density at radius 2 is 1.96 bits per heavy atom. The zero-order valence-electron chi connectivity index (χ0n) is 25.9. The number of aryl methyl sites for hydroxylation is 1. The number of hydrogen-bond acceptors (Lipinski definition) is 14. The Hall–Kier alpha value is -4.46. The van der Waals surface area contributed by atoms with Gasteiger partial charge in [-0.1, -0.05) is 42.1 Å². The molecule has 4 aromatic rings. The molecule has 49 heavy (non-hydrogen) atoms. The topological polar surface area (TPSA) is 211 Å². The zero-order chi connectivity index (χ0) is 33.5. The van der Waals surface area contributed by atoms with Crippen LogP contribution in [0.4, 0.5) is 11.4 Å². The molecule has 2 unspecified atom stereocenters. The predicted octanol–water partition coefficient (Wildman–Crippen LogP) is -2.72. The Morgan fingerprint density at radius 1 is 1.16 bits per heavy atom. The number of thioether (sulfide) groups is 2. The van der Waals surface area contributed by atoms with E-state index < -0.39 is 41.1 Å². The summed E-state index contributed by atoms with van der Waals surface area (Å²) >= 11 is 2.52. The van der Waals surface area contributed by atoms with Crippen molar-refractivity contribution in [1.29, 1.82) is 0 Å². The number of fused-ring (bicyclic) bond motifs is 4. The van der Waals surface area contributed by atoms with Gasteiger partial charge in [-0.15, -0.1) is 16.9 Å². The molecule has 4 N–H and O–H groups in total. The monoisotopic (exact) mass is 708 g/mol. The van der Waals surface area contributed by atoms with Gasteiger partial charge in [0, 0.05) is 36.3 Å². The van der Waals surface area contributed by atoms with Gasteiger partial charge in [0.2, 0.25) is 11.1 Å². The van der Waals surface area contributed by atoms with Crippen molar-refractivity contribution >= 4 is 69.5 Å². The summed E-state index contributed by atoms with van der Waals surface area (Å²) in [5, 5.41) is 44.1. The van der Waals surface area contributed by atoms with Crippen LogP contribution in [0.3, 0.4) is 0 Å². The van der Waals surface area contributed by atoms with E-state index in [0.717, 1.165) is 15.3 Å². The number of nitrogens with one attached hydrogen (secondary N) is 3. The molecule has 2 aromatic heterocycles. The molecule has 3 aliphatic heterocycles. The van der Waals surface area contributed by atoms with Gasteiger partial charge >= 0.3 is 29.6 Å². The van der Waals surface area contributed by atoms with Crippen molar-refractivity contribution in [1.82, 2.24) is 40.7 Å². The molecular formula is C30H25N10NaO6S2. The van der Waals surface area contributed by atoms with Gasteiger partial charge in [0.05, 0.1) is 28.6 Å². The van der Waals surface area contributed by atoms with Crippen LogP contribution in [0, 0.1) is 0 Å². The summed E-state index contributed by atoms with van der Waals surface area (Å²) in [6, 6.07) is 13.0. The Bertz CT molecular complexity index is 2040. The van der Waals surface area contributed by atoms with Crippen LogP contribution in [-0.4, -0.2) is 81.9 Å². The van der Waals surface area contributed by atoms with Crippen LogP contribution in [0.5, 0.6) is 0 Å². The summed E-state index contributed by atoms with van der Waals surface area (Å²) in [6.45, 7) is 0. The molecule has 0 spiro atoms. The van der Waals surface area contributed by atoms with Gasteiger partial charge < -0.3 is 25.9 Å². The molecule has 3 aliphatic rings. The number of anilines is 2. The van der Waals surface area contributed by atoms with Crippen molar-refractivity contribution in [3.05, 3.63) is 89.5 Å². The number of carbonyl (C=O) groups excluding carboxylic acids is 4. The molecule has 244 valence electrons. The van der Waals surface area contributed by atoms with Crippen molar-refractivity contribution in [3.63, 3.8) is 0 Å². The maximum atomic E-state index is 13.8. The molecule has 3 atom stereocenters. The van der Waals surface area contributed by atoms with Gasteiger partial charge in [-0.2, -0.15) is 0 Å². The molecule has 1 fully saturated rings. The van der Waals surface area contributed by atoms with Gasteiger partial charge in [0.1, 0.15) is 23.2 Å². The summed E-state index contributed by atoms with van der Waals surface area (Å²) in [5.41, 5.74) is 2.01. The second-order valence-electron chi connectivity index (χ2n) is 10.8. The maximum absolute atomic E-state index is 13.8. The number of hydrogen-bond donors (Lipinski definition) is 4. The summed E-state index contributed by atoms with van der Waals surface area (Å²) in [4.78, 5) is 58.3. The van der Waals surface area contributed by atoms with Gasteiger partial charge in [0.25, 0.3) is 11.8 Å². The third-order valence-corrected chi connectivity index (χ3v) is 10.4. The molecular weight excluding hydrogens is 684 g/mol. The number of tetrazole rings is 1. The molecule has 7 rings (SSSR count). The fourth-order valence-electron chi connectivity index (χ4n) is 5.63. The van der Waals surface area contributed by atoms with Crippen molar-refractivity contribution in [2.45, 2.75) is 22.6 Å². The van der Waals surface area contributed by atoms with E-state index in [-0.39, 0.29) is 52.5 Å². The molecule has 0 radical (unpaired) electrons. The molecule has 0 aliphatic carbocycles. The number of aromatic nitrogens is 5. The molecule has 1 saturated heterocycles. The Balaban J connectivity index is 0.00000417. The predicted molar refractivity (Wildman–Crippen MR) is 172 cm³/mol. The number of carboxylic acids is 1. The smallest absolute Gasteiger partial charge is 0.543 e. The van der Waals surface area contributed by atoms with E-state index in [9.17, 15) is 29.5 Å². The van der Waals surface area contributed by atoms with E-state index in [1.807, 2.05) is 6.07 Å². The number of amides is 3. The number of carbonyl (C=O) groups is 4. The fraction of sp³-hybridized carbons (Fsp3) is 0.200. The van der Waals surface area contributed by atoms with E-state index in [2.05, 4.69) is 36.5 Å². The first-order chi connectivity index (χ1) is 23.2. The average molecular weight is 709 g/mol. The van der Waals surface area contributed by atoms with Crippen LogP contribution in [0.15, 0.2) is 89.1 Å². The third kappa shape index (κ3) is 6.38. The van der Waals surface area contributed by atoms with E-state index in [4.69, 9.17) is 0 Å². The first-order valence-electron chi connectivity index (χ1n) is 14.5. The van der Waals surface area contributed by atoms with Crippen molar-refractivity contribution in [3.8, 4) is 0 Å². The number of carboxylic acid groups (broad SMARTS) is 1. The summed E-state index contributed by atoms with van der Waals surface area (Å²) < 4.78 is 1.45. The molecule has 5 heterocycles. The van der Waals surface area contributed by atoms with Crippen molar-refractivity contribution in [2.24, 2.45) is 7.05 Å². The first kappa shape index (κ1) is 34.4. The Kier molecular flexibility index (Phi) is 9.96. The second kappa shape index (κ2) is 14.2. The molecule has 16 nitrogen and oxygen atoms in total. The third-order valence-electron chi connectivity index (χ3n) is 7.97. The van der Waals surface area contributed by atoms with Gasteiger partial charge in [-0.3, -0.25) is 29.5 Å². The van der Waals surface area contributed by atoms with Gasteiger partial charge in [0.15, 0.2) is 0 Å². The number of β-lactam (4-membered cyclic amide) rings is 1. The summed E-state index contributed by atoms with van der Waals surface area (Å²) in [5.74, 6) is -3.13. The second-order valence-corrected chi connectivity index (χ2v) is 12.9. The van der Waals surface area contributed by atoms with E-state index >= 15 is 0 Å². The number of nitrogens with zero attached hydrogens (tertiary/aromatic N) is 7. The fourth-order valence-corrected chi connectivity index (χ4v) is 7.96. The number of rotatable bonds is 9. The number of pyridine rings is 1. The molecule has 0 bridgehead atoms. The van der Waals surface area contributed by atoms with Crippen molar-refractivity contribution in [2.75, 3.05) is 21.9 Å². The largest absolute Gasteiger partial charge is 1.00 e. The summed E-state index contributed by atoms with van der Waals surface area (Å²) in [6.07, 6.45) is 2.97. The molecule has 2 aromatic carbocycles. The number of hydroxylamine groups is 1. The van der Waals surface area contributed by atoms with Crippen LogP contribution >= 0.6 is 23.5 Å². The molecule has 19 heteroatoms. The minimum atomic E-state index is -1.51. The van der Waals surface area contributed by atoms with Crippen LogP contribution in [-0.2, 0) is 26.2 Å². The molecule has 3 amide bonds. The maximum Gasteiger partial charge on any atom is 1.00 e. The minimum Gasteiger partial charge on any atom is -0.543 e. The summed E-state index contributed by atoms with van der Waals surface area (Å²) in [7, 11) is 1.65. The van der Waals surface area contributed by atoms with Crippen LogP contribution in [0.25, 0.3) is 10.9 Å². The van der Waals surface area contributed by atoms with Gasteiger partial charge in [-0.25, -0.2) is 9.75 Å². The number of aliphatic carboxylic acids is 1. The standard InChI is InChI=1S/C30H26N10O6S2.Na/c1-38-30(35-36-37-38)48-14-16-13-47-28-23(27(43)39(28)24(16)29(44)45)34-26(42)21(15-6-3-2-4-7-15)33-25(41)20-12-32-22-17-8-5-11-31-18(17)9-10-19(22)40(20)46;/h2-12,21,23,28,32,46H,13-14H2,1H3,(H,33,41)(H,34,42)(H,44,45);/q;+1/p-1/t21?,23?,28-;/m0./s1. The number of benzene rings is 2. The first-order valence-corrected chi connectivity index (χ1v) is 16.5. The normalized spacial score (nSPS) is 18.7. The average Bonchev–Trinajstić information content (AvgIpc) is 3.52. The van der Waals surface area contributed by atoms with E-state index in [0.29, 0.717) is 33.2 Å². The van der Waals surface area contributed by atoms with Gasteiger partial charge in [-0.05, 0) is 45.8 Å². The zero-order valence-corrected chi connectivity index (χ0v) is 29.6. The van der Waals surface area contributed by atoms with Crippen LogP contribution < -0.4 is 55.7 Å². The molecule has 0 saturated carbocycles. The van der Waals surface area contributed by atoms with Crippen LogP contribution in [0.2, 0.25) is 0 Å². The minimum absolute atomic E-state index is 0. The van der Waals surface area contributed by atoms with Crippen LogP contribution in [0.1, 0.15) is 11.6 Å². The quantitative estimate of drug-likeness (QED) is 0.0791. The van der Waals surface area contributed by atoms with Crippen molar-refractivity contribution < 1.29 is 59.0 Å². The Morgan fingerprint density at radius 3 is 2.69 bits per heavy atom. The van der Waals surface area contributed by atoms with E-state index in [1.54, 1.807) is 61.8 Å². The SMILES string of the molecule is Cn1nnnc1SCC1=C(C(=O)[O-])N2C(=O)C(NC(=O)C(NC(=O)C3=CNc4c(ccc5ncccc45)N3O)c3ccccc3)[C@@H]2SC1.[Na+]. The Labute approximate surface area is 308 Å².